The predicted molar refractivity (Wildman–Crippen MR) is 85.8 cm³/mol. The van der Waals surface area contributed by atoms with Gasteiger partial charge in [0.1, 0.15) is 17.6 Å². The summed E-state index contributed by atoms with van der Waals surface area (Å²) in [4.78, 5) is 7.18. The molecule has 8 heteroatoms. The highest BCUT2D eigenvalue weighted by Gasteiger charge is 2.07. The first kappa shape index (κ1) is 14.3. The maximum atomic E-state index is 5.71. The van der Waals surface area contributed by atoms with E-state index in [0.717, 1.165) is 35.0 Å². The first-order chi connectivity index (χ1) is 11.9. The molecule has 4 rings (SSSR count). The molecular weight excluding hydrogens is 306 g/mol. The van der Waals surface area contributed by atoms with Crippen molar-refractivity contribution in [3.05, 3.63) is 65.5 Å². The lowest BCUT2D eigenvalue weighted by atomic mass is 10.1. The molecule has 0 amide bonds. The van der Waals surface area contributed by atoms with Crippen LogP contribution in [0, 0.1) is 0 Å². The molecule has 0 aliphatic heterocycles. The Morgan fingerprint density at radius 3 is 2.71 bits per heavy atom. The van der Waals surface area contributed by atoms with Crippen molar-refractivity contribution >= 4 is 11.0 Å². The van der Waals surface area contributed by atoms with Gasteiger partial charge in [0.05, 0.1) is 0 Å². The molecule has 120 valence electrons. The van der Waals surface area contributed by atoms with E-state index in [2.05, 4.69) is 30.9 Å². The van der Waals surface area contributed by atoms with Crippen molar-refractivity contribution in [1.29, 1.82) is 0 Å². The number of nitrogens with one attached hydrogen (secondary N) is 1. The van der Waals surface area contributed by atoms with Gasteiger partial charge in [0.25, 0.3) is 0 Å². The van der Waals surface area contributed by atoms with Gasteiger partial charge in [-0.15, -0.1) is 15.3 Å². The Bertz CT molecular complexity index is 918. The number of H-pyrrole nitrogens is 1. The Hall–Kier alpha value is -3.29. The summed E-state index contributed by atoms with van der Waals surface area (Å²) in [7, 11) is 0. The smallest absolute Gasteiger partial charge is 0.174 e. The van der Waals surface area contributed by atoms with Crippen molar-refractivity contribution in [3.8, 4) is 0 Å². The molecule has 2 heterocycles. The maximum Gasteiger partial charge on any atom is 0.174 e. The van der Waals surface area contributed by atoms with E-state index in [-0.39, 0.29) is 0 Å². The zero-order chi connectivity index (χ0) is 16.2. The van der Waals surface area contributed by atoms with Crippen LogP contribution in [0.1, 0.15) is 17.0 Å². The van der Waals surface area contributed by atoms with Crippen molar-refractivity contribution in [3.63, 3.8) is 0 Å². The van der Waals surface area contributed by atoms with Crippen LogP contribution in [0.15, 0.2) is 48.5 Å². The first-order valence-corrected chi connectivity index (χ1v) is 7.62. The van der Waals surface area contributed by atoms with Gasteiger partial charge in [-0.25, -0.2) is 0 Å². The minimum absolute atomic E-state index is 0.443. The van der Waals surface area contributed by atoms with Crippen LogP contribution in [0.25, 0.3) is 11.0 Å². The van der Waals surface area contributed by atoms with Crippen molar-refractivity contribution in [2.45, 2.75) is 19.4 Å². The van der Waals surface area contributed by atoms with Gasteiger partial charge in [0.2, 0.25) is 0 Å². The second kappa shape index (κ2) is 6.45. The van der Waals surface area contributed by atoms with Gasteiger partial charge in [-0.2, -0.15) is 5.21 Å². The average Bonchev–Trinajstić information content (AvgIpc) is 3.28. The normalized spacial score (nSPS) is 11.0. The number of hydrogen-bond donors (Lipinski definition) is 1. The fourth-order valence-corrected chi connectivity index (χ4v) is 2.45. The largest absolute Gasteiger partial charge is 0.390 e. The van der Waals surface area contributed by atoms with Crippen LogP contribution in [0.3, 0.4) is 0 Å². The van der Waals surface area contributed by atoms with E-state index in [0.29, 0.717) is 12.4 Å². The zero-order valence-electron chi connectivity index (χ0n) is 12.8. The summed E-state index contributed by atoms with van der Waals surface area (Å²) in [6, 6.07) is 16.0. The number of hydrogen-bond acceptors (Lipinski definition) is 6. The molecule has 0 saturated carbocycles. The Kier molecular flexibility index (Phi) is 3.85. The summed E-state index contributed by atoms with van der Waals surface area (Å²) >= 11 is 0. The third-order valence-electron chi connectivity index (χ3n) is 3.70. The van der Waals surface area contributed by atoms with Crippen LogP contribution >= 0.6 is 0 Å². The number of rotatable bonds is 6. The highest BCUT2D eigenvalue weighted by molar-refractivity contribution is 5.74. The minimum atomic E-state index is 0.443. The summed E-state index contributed by atoms with van der Waals surface area (Å²) < 4.78 is 0. The topological polar surface area (TPSA) is 94.4 Å². The van der Waals surface area contributed by atoms with Gasteiger partial charge >= 0.3 is 0 Å². The van der Waals surface area contributed by atoms with E-state index in [1.54, 1.807) is 0 Å². The quantitative estimate of drug-likeness (QED) is 0.576. The lowest BCUT2D eigenvalue weighted by Crippen LogP contribution is -2.12. The Morgan fingerprint density at radius 1 is 0.958 bits per heavy atom. The minimum Gasteiger partial charge on any atom is -0.390 e. The fraction of sp³-hybridized carbons (Fsp3) is 0.188. The van der Waals surface area contributed by atoms with E-state index in [1.165, 1.54) is 4.85 Å². The molecule has 24 heavy (non-hydrogen) atoms. The molecule has 2 aromatic carbocycles. The van der Waals surface area contributed by atoms with Crippen LogP contribution in [0.2, 0.25) is 0 Å². The summed E-state index contributed by atoms with van der Waals surface area (Å²) in [5.41, 5.74) is 3.86. The number of nitrogens with zero attached hydrogens (tertiary/aromatic N) is 6. The van der Waals surface area contributed by atoms with E-state index in [4.69, 9.17) is 4.84 Å². The zero-order valence-corrected chi connectivity index (χ0v) is 12.8. The van der Waals surface area contributed by atoms with Crippen LogP contribution in [0.4, 0.5) is 0 Å². The summed E-state index contributed by atoms with van der Waals surface area (Å²) in [5.74, 6) is 0.699. The molecule has 1 N–H and O–H groups in total. The van der Waals surface area contributed by atoms with E-state index in [9.17, 15) is 0 Å². The maximum absolute atomic E-state index is 5.71. The highest BCUT2D eigenvalue weighted by atomic mass is 16.7. The molecule has 0 bridgehead atoms. The van der Waals surface area contributed by atoms with Crippen molar-refractivity contribution in [1.82, 2.24) is 35.8 Å². The highest BCUT2D eigenvalue weighted by Crippen LogP contribution is 2.14. The van der Waals surface area contributed by atoms with Crippen molar-refractivity contribution in [2.24, 2.45) is 0 Å². The lowest BCUT2D eigenvalue weighted by Gasteiger charge is -2.05. The van der Waals surface area contributed by atoms with Crippen molar-refractivity contribution in [2.75, 3.05) is 0 Å². The van der Waals surface area contributed by atoms with E-state index < -0.39 is 0 Å². The first-order valence-electron chi connectivity index (χ1n) is 7.62. The van der Waals surface area contributed by atoms with Gasteiger partial charge in [-0.3, -0.25) is 0 Å². The van der Waals surface area contributed by atoms with Crippen LogP contribution in [-0.4, -0.2) is 35.8 Å². The number of aromatic nitrogens is 7. The molecule has 0 aliphatic rings. The summed E-state index contributed by atoms with van der Waals surface area (Å²) in [5, 5.41) is 22.2. The van der Waals surface area contributed by atoms with Crippen LogP contribution in [-0.2, 0) is 19.4 Å². The number of fused-ring (bicyclic) bond motifs is 1. The van der Waals surface area contributed by atoms with Gasteiger partial charge in [-0.1, -0.05) is 46.5 Å². The SMILES string of the molecule is c1ccc(COn2nnc3cc(CCc4nn[nH]n4)ccc32)cc1. The number of benzene rings is 2. The Morgan fingerprint density at radius 2 is 1.88 bits per heavy atom. The van der Waals surface area contributed by atoms with Gasteiger partial charge in [0.15, 0.2) is 5.82 Å². The molecule has 0 radical (unpaired) electrons. The molecule has 8 nitrogen and oxygen atoms in total. The van der Waals surface area contributed by atoms with E-state index >= 15 is 0 Å². The van der Waals surface area contributed by atoms with E-state index in [1.807, 2.05) is 48.5 Å². The molecule has 0 aliphatic carbocycles. The standard InChI is InChI=1S/C16H15N7O/c1-2-4-13(5-3-1)11-24-23-15-8-6-12(10-14(15)17-22-23)7-9-16-18-20-21-19-16/h1-6,8,10H,7,9,11H2,(H,18,19,20,21). The molecule has 0 unspecified atom stereocenters. The van der Waals surface area contributed by atoms with Crippen LogP contribution in [0.5, 0.6) is 0 Å². The van der Waals surface area contributed by atoms with Gasteiger partial charge in [0, 0.05) is 6.42 Å². The summed E-state index contributed by atoms with van der Waals surface area (Å²) in [6.45, 7) is 0.443. The molecule has 2 aromatic heterocycles. The number of aromatic amines is 1. The third-order valence-corrected chi connectivity index (χ3v) is 3.70. The molecular formula is C16H15N7O. The lowest BCUT2D eigenvalue weighted by molar-refractivity contribution is 0.0752. The molecule has 0 atom stereocenters. The Labute approximate surface area is 137 Å². The number of aryl methyl sites for hydroxylation is 2. The fourth-order valence-electron chi connectivity index (χ4n) is 2.45. The van der Waals surface area contributed by atoms with Crippen LogP contribution < -0.4 is 4.84 Å². The number of tetrazole rings is 1. The molecule has 0 fully saturated rings. The second-order valence-electron chi connectivity index (χ2n) is 5.37. The Balaban J connectivity index is 1.46. The third kappa shape index (κ3) is 3.07. The van der Waals surface area contributed by atoms with Crippen molar-refractivity contribution < 1.29 is 4.84 Å². The summed E-state index contributed by atoms with van der Waals surface area (Å²) in [6.07, 6.45) is 1.54. The predicted octanol–water partition coefficient (Wildman–Crippen LogP) is 1.36. The van der Waals surface area contributed by atoms with Gasteiger partial charge in [-0.05, 0) is 34.9 Å². The molecule has 0 spiro atoms. The monoisotopic (exact) mass is 321 g/mol. The van der Waals surface area contributed by atoms with Gasteiger partial charge < -0.3 is 4.84 Å². The molecule has 4 aromatic rings. The second-order valence-corrected chi connectivity index (χ2v) is 5.37. The average molecular weight is 321 g/mol. The molecule has 0 saturated heterocycles.